The lowest BCUT2D eigenvalue weighted by atomic mass is 10.1. The van der Waals surface area contributed by atoms with E-state index in [2.05, 4.69) is 5.10 Å². The van der Waals surface area contributed by atoms with Crippen LogP contribution < -0.4 is 0 Å². The third kappa shape index (κ3) is 3.20. The molecule has 0 aliphatic rings. The Morgan fingerprint density at radius 2 is 2.25 bits per heavy atom. The van der Waals surface area contributed by atoms with Gasteiger partial charge in [-0.3, -0.25) is 4.68 Å². The van der Waals surface area contributed by atoms with E-state index in [1.807, 2.05) is 14.0 Å². The Morgan fingerprint density at radius 3 is 2.75 bits per heavy atom. The first-order valence-electron chi connectivity index (χ1n) is 5.47. The molecule has 92 valence electrons. The van der Waals surface area contributed by atoms with Gasteiger partial charge in [0.15, 0.2) is 0 Å². The van der Waals surface area contributed by atoms with Gasteiger partial charge in [0.2, 0.25) is 0 Å². The van der Waals surface area contributed by atoms with Gasteiger partial charge in [-0.2, -0.15) is 5.10 Å². The monoisotopic (exact) mass is 246 g/mol. The maximum Gasteiger partial charge on any atom is 0.0850 e. The lowest BCUT2D eigenvalue weighted by molar-refractivity contribution is 0.109. The molecular weight excluding hydrogens is 228 g/mol. The maximum absolute atomic E-state index is 9.78. The molecule has 0 spiro atoms. The lowest BCUT2D eigenvalue weighted by Gasteiger charge is -2.10. The fraction of sp³-hybridized carbons (Fsp3) is 0.727. The van der Waals surface area contributed by atoms with Gasteiger partial charge >= 0.3 is 0 Å². The minimum absolute atomic E-state index is 0.433. The second kappa shape index (κ2) is 6.23. The number of nitrogens with zero attached hydrogens (tertiary/aromatic N) is 2. The Bertz CT molecular complexity index is 339. The van der Waals surface area contributed by atoms with Crippen LogP contribution in [0.15, 0.2) is 0 Å². The second-order valence-electron chi connectivity index (χ2n) is 3.82. The summed E-state index contributed by atoms with van der Waals surface area (Å²) in [6.45, 7) is 2.57. The van der Waals surface area contributed by atoms with Crippen molar-refractivity contribution in [2.45, 2.75) is 32.3 Å². The minimum Gasteiger partial charge on any atom is -0.393 e. The summed E-state index contributed by atoms with van der Waals surface area (Å²) in [7, 11) is 3.47. The largest absolute Gasteiger partial charge is 0.393 e. The van der Waals surface area contributed by atoms with Gasteiger partial charge in [-0.05, 0) is 12.8 Å². The normalized spacial score (nSPS) is 13.1. The molecule has 0 fully saturated rings. The number of aliphatic hydroxyl groups excluding tert-OH is 1. The SMILES string of the molecule is CCc1nn(C)c(CC(O)CCOC)c1Cl. The third-order valence-electron chi connectivity index (χ3n) is 2.59. The van der Waals surface area contributed by atoms with E-state index in [0.29, 0.717) is 24.5 Å². The highest BCUT2D eigenvalue weighted by atomic mass is 35.5. The van der Waals surface area contributed by atoms with Crippen molar-refractivity contribution in [1.82, 2.24) is 9.78 Å². The quantitative estimate of drug-likeness (QED) is 0.829. The van der Waals surface area contributed by atoms with Gasteiger partial charge in [0.25, 0.3) is 0 Å². The number of rotatable bonds is 6. The Hall–Kier alpha value is -0.580. The van der Waals surface area contributed by atoms with Gasteiger partial charge in [-0.1, -0.05) is 18.5 Å². The van der Waals surface area contributed by atoms with Crippen molar-refractivity contribution in [1.29, 1.82) is 0 Å². The summed E-state index contributed by atoms with van der Waals surface area (Å²) in [5.74, 6) is 0. The van der Waals surface area contributed by atoms with Crippen LogP contribution in [0.3, 0.4) is 0 Å². The summed E-state index contributed by atoms with van der Waals surface area (Å²) in [4.78, 5) is 0. The van der Waals surface area contributed by atoms with Gasteiger partial charge < -0.3 is 9.84 Å². The highest BCUT2D eigenvalue weighted by Crippen LogP contribution is 2.22. The van der Waals surface area contributed by atoms with E-state index in [-0.39, 0.29) is 0 Å². The predicted octanol–water partition coefficient (Wildman–Crippen LogP) is 1.58. The molecule has 0 radical (unpaired) electrons. The van der Waals surface area contributed by atoms with Crippen molar-refractivity contribution < 1.29 is 9.84 Å². The molecule has 1 aromatic heterocycles. The number of hydrogen-bond donors (Lipinski definition) is 1. The highest BCUT2D eigenvalue weighted by molar-refractivity contribution is 6.31. The molecule has 0 bridgehead atoms. The van der Waals surface area contributed by atoms with Gasteiger partial charge in [0, 0.05) is 27.2 Å². The van der Waals surface area contributed by atoms with Gasteiger partial charge in [-0.25, -0.2) is 0 Å². The Morgan fingerprint density at radius 1 is 1.56 bits per heavy atom. The van der Waals surface area contributed by atoms with Crippen LogP contribution in [-0.4, -0.2) is 34.7 Å². The molecule has 0 aliphatic heterocycles. The zero-order chi connectivity index (χ0) is 12.1. The molecule has 0 aromatic carbocycles. The summed E-state index contributed by atoms with van der Waals surface area (Å²) >= 11 is 6.18. The molecule has 0 saturated heterocycles. The second-order valence-corrected chi connectivity index (χ2v) is 4.20. The molecule has 0 saturated carbocycles. The summed E-state index contributed by atoms with van der Waals surface area (Å²) in [5.41, 5.74) is 1.78. The molecule has 1 atom stereocenters. The van der Waals surface area contributed by atoms with Crippen LogP contribution in [0.1, 0.15) is 24.7 Å². The molecule has 1 heterocycles. The number of methoxy groups -OCH3 is 1. The van der Waals surface area contributed by atoms with Crippen molar-refractivity contribution in [2.75, 3.05) is 13.7 Å². The first kappa shape index (κ1) is 13.5. The van der Waals surface area contributed by atoms with Crippen LogP contribution in [0.25, 0.3) is 0 Å². The average molecular weight is 247 g/mol. The predicted molar refractivity (Wildman–Crippen MR) is 63.8 cm³/mol. The fourth-order valence-electron chi connectivity index (χ4n) is 1.62. The molecule has 16 heavy (non-hydrogen) atoms. The van der Waals surface area contributed by atoms with E-state index in [0.717, 1.165) is 17.8 Å². The number of aliphatic hydroxyl groups is 1. The minimum atomic E-state index is -0.433. The van der Waals surface area contributed by atoms with E-state index in [1.54, 1.807) is 11.8 Å². The van der Waals surface area contributed by atoms with Crippen molar-refractivity contribution in [3.05, 3.63) is 16.4 Å². The highest BCUT2D eigenvalue weighted by Gasteiger charge is 2.16. The van der Waals surface area contributed by atoms with E-state index in [4.69, 9.17) is 16.3 Å². The maximum atomic E-state index is 9.78. The first-order valence-corrected chi connectivity index (χ1v) is 5.85. The van der Waals surface area contributed by atoms with E-state index < -0.39 is 6.10 Å². The Balaban J connectivity index is 2.69. The first-order chi connectivity index (χ1) is 7.60. The molecule has 5 heteroatoms. The molecule has 1 unspecified atom stereocenters. The number of hydrogen-bond acceptors (Lipinski definition) is 3. The van der Waals surface area contributed by atoms with Crippen LogP contribution in [0, 0.1) is 0 Å². The van der Waals surface area contributed by atoms with E-state index in [9.17, 15) is 5.11 Å². The van der Waals surface area contributed by atoms with Crippen molar-refractivity contribution in [2.24, 2.45) is 7.05 Å². The van der Waals surface area contributed by atoms with Gasteiger partial charge in [0.1, 0.15) is 0 Å². The molecule has 1 aromatic rings. The topological polar surface area (TPSA) is 47.3 Å². The molecule has 1 N–H and O–H groups in total. The van der Waals surface area contributed by atoms with Crippen molar-refractivity contribution in [3.8, 4) is 0 Å². The lowest BCUT2D eigenvalue weighted by Crippen LogP contribution is -2.15. The summed E-state index contributed by atoms with van der Waals surface area (Å²) in [5, 5.41) is 14.8. The third-order valence-corrected chi connectivity index (χ3v) is 3.02. The number of halogens is 1. The molecule has 4 nitrogen and oxygen atoms in total. The molecule has 1 rings (SSSR count). The molecule has 0 aliphatic carbocycles. The van der Waals surface area contributed by atoms with Crippen LogP contribution >= 0.6 is 11.6 Å². The standard InChI is InChI=1S/C11H19ClN2O2/c1-4-9-11(12)10(14(2)13-9)7-8(15)5-6-16-3/h8,15H,4-7H2,1-3H3. The summed E-state index contributed by atoms with van der Waals surface area (Å²) in [6, 6.07) is 0. The van der Waals surface area contributed by atoms with Crippen LogP contribution in [0.4, 0.5) is 0 Å². The summed E-state index contributed by atoms with van der Waals surface area (Å²) in [6.07, 6.45) is 1.50. The number of aryl methyl sites for hydroxylation is 2. The van der Waals surface area contributed by atoms with E-state index >= 15 is 0 Å². The Kier molecular flexibility index (Phi) is 5.25. The average Bonchev–Trinajstić information content (AvgIpc) is 2.53. The van der Waals surface area contributed by atoms with Crippen LogP contribution in [0.2, 0.25) is 5.02 Å². The smallest absolute Gasteiger partial charge is 0.0850 e. The van der Waals surface area contributed by atoms with Crippen molar-refractivity contribution >= 4 is 11.6 Å². The van der Waals surface area contributed by atoms with Gasteiger partial charge in [-0.15, -0.1) is 0 Å². The van der Waals surface area contributed by atoms with Gasteiger partial charge in [0.05, 0.1) is 22.5 Å². The number of ether oxygens (including phenoxy) is 1. The van der Waals surface area contributed by atoms with Crippen LogP contribution in [0.5, 0.6) is 0 Å². The zero-order valence-corrected chi connectivity index (χ0v) is 10.8. The molecular formula is C11H19ClN2O2. The zero-order valence-electron chi connectivity index (χ0n) is 10.0. The summed E-state index contributed by atoms with van der Waals surface area (Å²) < 4.78 is 6.67. The van der Waals surface area contributed by atoms with E-state index in [1.165, 1.54) is 0 Å². The number of aromatic nitrogens is 2. The molecule has 0 amide bonds. The van der Waals surface area contributed by atoms with Crippen LogP contribution in [-0.2, 0) is 24.6 Å². The fourth-order valence-corrected chi connectivity index (χ4v) is 1.99. The Labute approximate surface area is 101 Å². The van der Waals surface area contributed by atoms with Crippen molar-refractivity contribution in [3.63, 3.8) is 0 Å².